The van der Waals surface area contributed by atoms with Crippen LogP contribution >= 0.6 is 12.2 Å². The van der Waals surface area contributed by atoms with E-state index in [1.54, 1.807) is 11.3 Å². The number of rotatable bonds is 2. The zero-order chi connectivity index (χ0) is 14.1. The molecular formula is C15H15N3OS. The molecule has 0 saturated carbocycles. The monoisotopic (exact) mass is 285 g/mol. The minimum Gasteiger partial charge on any atom is -0.467 e. The zero-order valence-corrected chi connectivity index (χ0v) is 11.9. The maximum absolute atomic E-state index is 5.77. The highest BCUT2D eigenvalue weighted by molar-refractivity contribution is 7.80. The Morgan fingerprint density at radius 2 is 2.10 bits per heavy atom. The van der Waals surface area contributed by atoms with Crippen LogP contribution in [0.5, 0.6) is 0 Å². The van der Waals surface area contributed by atoms with Crippen LogP contribution in [0.2, 0.25) is 0 Å². The second-order valence-corrected chi connectivity index (χ2v) is 5.25. The predicted octanol–water partition coefficient (Wildman–Crippen LogP) is 2.98. The van der Waals surface area contributed by atoms with Crippen molar-refractivity contribution in [3.8, 4) is 0 Å². The second kappa shape index (κ2) is 5.09. The lowest BCUT2D eigenvalue weighted by molar-refractivity contribution is 0.316. The number of hydrazone groups is 1. The lowest BCUT2D eigenvalue weighted by atomic mass is 10.0. The first-order valence-corrected chi connectivity index (χ1v) is 6.82. The number of hydrogen-bond donors (Lipinski definition) is 1. The largest absolute Gasteiger partial charge is 0.467 e. The number of benzene rings is 1. The van der Waals surface area contributed by atoms with Gasteiger partial charge in [-0.1, -0.05) is 29.8 Å². The molecule has 0 spiro atoms. The molecule has 0 fully saturated rings. The lowest BCUT2D eigenvalue weighted by Gasteiger charge is -2.19. The van der Waals surface area contributed by atoms with Crippen molar-refractivity contribution in [2.75, 3.05) is 0 Å². The van der Waals surface area contributed by atoms with Crippen molar-refractivity contribution < 1.29 is 4.42 Å². The molecule has 2 heterocycles. The Kier molecular flexibility index (Phi) is 3.28. The number of nitrogens with zero attached hydrogens (tertiary/aromatic N) is 2. The smallest absolute Gasteiger partial charge is 0.187 e. The quantitative estimate of drug-likeness (QED) is 0.862. The Morgan fingerprint density at radius 3 is 2.70 bits per heavy atom. The Bertz CT molecular complexity index is 646. The normalized spacial score (nSPS) is 18.1. The third kappa shape index (κ3) is 2.32. The fraction of sp³-hybridized carbons (Fsp3) is 0.200. The van der Waals surface area contributed by atoms with E-state index >= 15 is 0 Å². The van der Waals surface area contributed by atoms with Gasteiger partial charge in [-0.05, 0) is 36.8 Å². The fourth-order valence-electron chi connectivity index (χ4n) is 2.34. The van der Waals surface area contributed by atoms with Crippen molar-refractivity contribution in [3.63, 3.8) is 0 Å². The summed E-state index contributed by atoms with van der Waals surface area (Å²) in [5.74, 6) is 0.823. The highest BCUT2D eigenvalue weighted by Crippen LogP contribution is 2.32. The standard InChI is InChI=1S/C15H15N3OS/c1-10-4-6-11(7-5-10)12-9-13(14-3-2-8-19-14)18(17-12)15(16)20/h2-8,13H,9H2,1H3,(H2,16,20)/t13-/m0/s1. The first kappa shape index (κ1) is 12.9. The number of aryl methyl sites for hydroxylation is 1. The molecule has 1 aromatic carbocycles. The van der Waals surface area contributed by atoms with Crippen molar-refractivity contribution in [2.24, 2.45) is 10.8 Å². The Labute approximate surface area is 122 Å². The van der Waals surface area contributed by atoms with Gasteiger partial charge in [0, 0.05) is 6.42 Å². The summed E-state index contributed by atoms with van der Waals surface area (Å²) in [7, 11) is 0. The van der Waals surface area contributed by atoms with Gasteiger partial charge in [-0.3, -0.25) is 0 Å². The first-order valence-electron chi connectivity index (χ1n) is 6.42. The van der Waals surface area contributed by atoms with Crippen LogP contribution in [0.15, 0.2) is 52.2 Å². The van der Waals surface area contributed by atoms with E-state index in [0.29, 0.717) is 0 Å². The summed E-state index contributed by atoms with van der Waals surface area (Å²) < 4.78 is 5.47. The van der Waals surface area contributed by atoms with Gasteiger partial charge in [0.05, 0.1) is 12.0 Å². The van der Waals surface area contributed by atoms with Crippen LogP contribution in [0.25, 0.3) is 0 Å². The van der Waals surface area contributed by atoms with Crippen LogP contribution in [0.1, 0.15) is 29.3 Å². The molecule has 0 unspecified atom stereocenters. The molecule has 0 radical (unpaired) electrons. The average molecular weight is 285 g/mol. The molecule has 0 saturated heterocycles. The van der Waals surface area contributed by atoms with E-state index in [1.165, 1.54) is 5.56 Å². The molecular weight excluding hydrogens is 270 g/mol. The number of furan rings is 1. The molecule has 2 N–H and O–H groups in total. The summed E-state index contributed by atoms with van der Waals surface area (Å²) in [4.78, 5) is 0. The fourth-order valence-corrected chi connectivity index (χ4v) is 2.50. The molecule has 0 bridgehead atoms. The first-order chi connectivity index (χ1) is 9.65. The Balaban J connectivity index is 1.92. The van der Waals surface area contributed by atoms with E-state index in [-0.39, 0.29) is 11.2 Å². The van der Waals surface area contributed by atoms with E-state index in [1.807, 2.05) is 12.1 Å². The molecule has 2 aromatic rings. The topological polar surface area (TPSA) is 54.8 Å². The summed E-state index contributed by atoms with van der Waals surface area (Å²) in [5, 5.41) is 6.46. The van der Waals surface area contributed by atoms with Gasteiger partial charge in [0.25, 0.3) is 0 Å². The van der Waals surface area contributed by atoms with Crippen molar-refractivity contribution in [2.45, 2.75) is 19.4 Å². The van der Waals surface area contributed by atoms with Crippen LogP contribution < -0.4 is 5.73 Å². The van der Waals surface area contributed by atoms with E-state index < -0.39 is 0 Å². The summed E-state index contributed by atoms with van der Waals surface area (Å²) in [5.41, 5.74) is 9.05. The van der Waals surface area contributed by atoms with E-state index in [4.69, 9.17) is 22.4 Å². The molecule has 0 aliphatic carbocycles. The summed E-state index contributed by atoms with van der Waals surface area (Å²) >= 11 is 5.08. The van der Waals surface area contributed by atoms with Gasteiger partial charge in [-0.25, -0.2) is 5.01 Å². The van der Waals surface area contributed by atoms with Crippen molar-refractivity contribution in [3.05, 3.63) is 59.5 Å². The maximum atomic E-state index is 5.77. The molecule has 1 aliphatic heterocycles. The third-order valence-electron chi connectivity index (χ3n) is 3.39. The van der Waals surface area contributed by atoms with Crippen LogP contribution in [-0.4, -0.2) is 15.8 Å². The summed E-state index contributed by atoms with van der Waals surface area (Å²) in [6.45, 7) is 2.06. The predicted molar refractivity (Wildman–Crippen MR) is 82.4 cm³/mol. The van der Waals surface area contributed by atoms with E-state index in [2.05, 4.69) is 36.3 Å². The zero-order valence-electron chi connectivity index (χ0n) is 11.1. The minimum absolute atomic E-state index is 0.0567. The molecule has 20 heavy (non-hydrogen) atoms. The highest BCUT2D eigenvalue weighted by atomic mass is 32.1. The molecule has 1 atom stereocenters. The van der Waals surface area contributed by atoms with Gasteiger partial charge in [-0.2, -0.15) is 5.10 Å². The minimum atomic E-state index is -0.0567. The molecule has 102 valence electrons. The van der Waals surface area contributed by atoms with Gasteiger partial charge in [-0.15, -0.1) is 0 Å². The number of hydrogen-bond acceptors (Lipinski definition) is 3. The highest BCUT2D eigenvalue weighted by Gasteiger charge is 2.32. The van der Waals surface area contributed by atoms with Crippen LogP contribution in [-0.2, 0) is 0 Å². The van der Waals surface area contributed by atoms with Gasteiger partial charge in [0.2, 0.25) is 0 Å². The third-order valence-corrected chi connectivity index (χ3v) is 3.58. The Hall–Kier alpha value is -2.14. The van der Waals surface area contributed by atoms with Crippen molar-refractivity contribution in [1.82, 2.24) is 5.01 Å². The molecule has 0 amide bonds. The van der Waals surface area contributed by atoms with Gasteiger partial charge in [0.1, 0.15) is 11.8 Å². The van der Waals surface area contributed by atoms with E-state index in [9.17, 15) is 0 Å². The van der Waals surface area contributed by atoms with Gasteiger partial charge >= 0.3 is 0 Å². The lowest BCUT2D eigenvalue weighted by Crippen LogP contribution is -2.31. The van der Waals surface area contributed by atoms with Crippen LogP contribution in [0.4, 0.5) is 0 Å². The molecule has 5 heteroatoms. The SMILES string of the molecule is Cc1ccc(C2=NN(C(N)=S)[C@H](c3ccco3)C2)cc1. The van der Waals surface area contributed by atoms with Crippen LogP contribution in [0.3, 0.4) is 0 Å². The molecule has 4 nitrogen and oxygen atoms in total. The van der Waals surface area contributed by atoms with E-state index in [0.717, 1.165) is 23.5 Å². The van der Waals surface area contributed by atoms with Crippen molar-refractivity contribution in [1.29, 1.82) is 0 Å². The summed E-state index contributed by atoms with van der Waals surface area (Å²) in [6, 6.07) is 12.0. The molecule has 1 aliphatic rings. The molecule has 1 aromatic heterocycles. The average Bonchev–Trinajstić information content (AvgIpc) is 3.08. The van der Waals surface area contributed by atoms with Crippen LogP contribution in [0, 0.1) is 6.92 Å². The van der Waals surface area contributed by atoms with Gasteiger partial charge < -0.3 is 10.2 Å². The second-order valence-electron chi connectivity index (χ2n) is 4.83. The number of thiocarbonyl (C=S) groups is 1. The summed E-state index contributed by atoms with van der Waals surface area (Å²) in [6.07, 6.45) is 2.38. The Morgan fingerprint density at radius 1 is 1.35 bits per heavy atom. The maximum Gasteiger partial charge on any atom is 0.187 e. The molecule has 3 rings (SSSR count). The van der Waals surface area contributed by atoms with Gasteiger partial charge in [0.15, 0.2) is 5.11 Å². The van der Waals surface area contributed by atoms with Crippen molar-refractivity contribution >= 4 is 23.0 Å². The number of nitrogens with two attached hydrogens (primary N) is 1.